The Balaban J connectivity index is 1.60. The Bertz CT molecular complexity index is 777. The van der Waals surface area contributed by atoms with Crippen LogP contribution in [0.5, 0.6) is 0 Å². The lowest BCUT2D eigenvalue weighted by Crippen LogP contribution is -2.17. The van der Waals surface area contributed by atoms with Gasteiger partial charge < -0.3 is 5.84 Å². The number of hydrogen-bond donors (Lipinski definition) is 1. The Labute approximate surface area is 139 Å². The van der Waals surface area contributed by atoms with E-state index in [0.717, 1.165) is 30.0 Å². The summed E-state index contributed by atoms with van der Waals surface area (Å²) in [5.41, 5.74) is 3.27. The first kappa shape index (κ1) is 15.6. The molecule has 0 spiro atoms. The predicted octanol–water partition coefficient (Wildman–Crippen LogP) is 2.52. The highest BCUT2D eigenvalue weighted by Crippen LogP contribution is 2.19. The minimum Gasteiger partial charge on any atom is -0.334 e. The molecule has 0 saturated carbocycles. The monoisotopic (exact) mass is 328 g/mol. The van der Waals surface area contributed by atoms with E-state index < -0.39 is 0 Å². The van der Waals surface area contributed by atoms with Crippen LogP contribution < -0.4 is 5.84 Å². The Hall–Kier alpha value is -2.28. The zero-order chi connectivity index (χ0) is 16.2. The van der Waals surface area contributed by atoms with Gasteiger partial charge in [-0.05, 0) is 38.3 Å². The van der Waals surface area contributed by atoms with Crippen molar-refractivity contribution >= 4 is 11.8 Å². The second-order valence-corrected chi connectivity index (χ2v) is 6.49. The van der Waals surface area contributed by atoms with Gasteiger partial charge >= 0.3 is 0 Å². The van der Waals surface area contributed by atoms with Crippen molar-refractivity contribution in [3.8, 4) is 5.95 Å². The number of aryl methyl sites for hydroxylation is 3. The molecule has 120 valence electrons. The summed E-state index contributed by atoms with van der Waals surface area (Å²) < 4.78 is 3.23. The van der Waals surface area contributed by atoms with E-state index in [1.165, 1.54) is 10.2 Å². The summed E-state index contributed by atoms with van der Waals surface area (Å²) in [6.07, 6.45) is 2.12. The van der Waals surface area contributed by atoms with Crippen LogP contribution in [-0.2, 0) is 6.42 Å². The molecule has 0 saturated heterocycles. The average Bonchev–Trinajstić information content (AvgIpc) is 3.07. The first-order valence-corrected chi connectivity index (χ1v) is 8.54. The highest BCUT2D eigenvalue weighted by molar-refractivity contribution is 7.99. The molecule has 0 aliphatic heterocycles. The smallest absolute Gasteiger partial charge is 0.271 e. The van der Waals surface area contributed by atoms with Gasteiger partial charge in [-0.3, -0.25) is 0 Å². The van der Waals surface area contributed by atoms with Gasteiger partial charge in [0, 0.05) is 11.4 Å². The number of nitrogen functional groups attached to an aromatic ring is 1. The molecule has 0 aliphatic carbocycles. The number of rotatable bonds is 6. The van der Waals surface area contributed by atoms with Crippen molar-refractivity contribution in [1.29, 1.82) is 0 Å². The van der Waals surface area contributed by atoms with Crippen LogP contribution in [0.2, 0.25) is 0 Å². The minimum absolute atomic E-state index is 0.543. The number of benzene rings is 1. The molecular weight excluding hydrogens is 308 g/mol. The van der Waals surface area contributed by atoms with Gasteiger partial charge in [0.15, 0.2) is 0 Å². The van der Waals surface area contributed by atoms with Gasteiger partial charge in [0.05, 0.1) is 5.69 Å². The Morgan fingerprint density at radius 2 is 1.91 bits per heavy atom. The van der Waals surface area contributed by atoms with E-state index in [4.69, 9.17) is 5.84 Å². The number of nitrogens with two attached hydrogens (primary N) is 1. The van der Waals surface area contributed by atoms with Crippen molar-refractivity contribution < 1.29 is 0 Å². The lowest BCUT2D eigenvalue weighted by atomic mass is 10.1. The first-order valence-electron chi connectivity index (χ1n) is 7.56. The molecule has 7 heteroatoms. The summed E-state index contributed by atoms with van der Waals surface area (Å²) in [6, 6.07) is 12.5. The molecule has 1 aromatic carbocycles. The van der Waals surface area contributed by atoms with Crippen LogP contribution in [0.15, 0.2) is 41.6 Å². The highest BCUT2D eigenvalue weighted by atomic mass is 32.2. The van der Waals surface area contributed by atoms with Gasteiger partial charge in [-0.15, -0.1) is 10.2 Å². The van der Waals surface area contributed by atoms with Crippen LogP contribution in [-0.4, -0.2) is 30.4 Å². The third kappa shape index (κ3) is 3.56. The molecule has 0 fully saturated rings. The van der Waals surface area contributed by atoms with Crippen LogP contribution >= 0.6 is 11.8 Å². The van der Waals surface area contributed by atoms with Crippen LogP contribution in [0.4, 0.5) is 0 Å². The largest absolute Gasteiger partial charge is 0.334 e. The van der Waals surface area contributed by atoms with E-state index in [1.807, 2.05) is 26.0 Å². The summed E-state index contributed by atoms with van der Waals surface area (Å²) in [4.78, 5) is 0. The number of aromatic nitrogens is 5. The first-order chi connectivity index (χ1) is 11.1. The van der Waals surface area contributed by atoms with E-state index in [9.17, 15) is 0 Å². The summed E-state index contributed by atoms with van der Waals surface area (Å²) in [5.74, 6) is 7.61. The highest BCUT2D eigenvalue weighted by Gasteiger charge is 2.14. The summed E-state index contributed by atoms with van der Waals surface area (Å²) >= 11 is 1.62. The van der Waals surface area contributed by atoms with Gasteiger partial charge in [0.2, 0.25) is 5.16 Å². The molecule has 23 heavy (non-hydrogen) atoms. The van der Waals surface area contributed by atoms with Crippen molar-refractivity contribution in [3.05, 3.63) is 53.3 Å². The third-order valence-electron chi connectivity index (χ3n) is 3.53. The summed E-state index contributed by atoms with van der Waals surface area (Å²) in [6.45, 7) is 3.92. The zero-order valence-corrected chi connectivity index (χ0v) is 14.1. The molecule has 0 aliphatic rings. The molecule has 2 heterocycles. The molecule has 0 radical (unpaired) electrons. The topological polar surface area (TPSA) is 74.5 Å². The Morgan fingerprint density at radius 1 is 1.13 bits per heavy atom. The maximum atomic E-state index is 6.12. The zero-order valence-electron chi connectivity index (χ0n) is 13.3. The molecule has 2 N–H and O–H groups in total. The Morgan fingerprint density at radius 3 is 2.61 bits per heavy atom. The van der Waals surface area contributed by atoms with Crippen molar-refractivity contribution in [2.75, 3.05) is 11.6 Å². The molecule has 6 nitrogen and oxygen atoms in total. The SMILES string of the molecule is Cc1cc(C)n(-c2nnc(SCCCc3ccccc3)n2N)n1. The predicted molar refractivity (Wildman–Crippen MR) is 92.3 cm³/mol. The normalized spacial score (nSPS) is 11.0. The maximum absolute atomic E-state index is 6.12. The van der Waals surface area contributed by atoms with E-state index in [1.54, 1.807) is 16.4 Å². The third-order valence-corrected chi connectivity index (χ3v) is 4.56. The Kier molecular flexibility index (Phi) is 4.66. The second kappa shape index (κ2) is 6.87. The van der Waals surface area contributed by atoms with Gasteiger partial charge in [0.1, 0.15) is 0 Å². The number of hydrogen-bond acceptors (Lipinski definition) is 5. The van der Waals surface area contributed by atoms with E-state index >= 15 is 0 Å². The van der Waals surface area contributed by atoms with Gasteiger partial charge in [-0.25, -0.2) is 9.36 Å². The maximum Gasteiger partial charge on any atom is 0.271 e. The van der Waals surface area contributed by atoms with E-state index in [0.29, 0.717) is 11.1 Å². The molecule has 0 amide bonds. The average molecular weight is 328 g/mol. The van der Waals surface area contributed by atoms with Crippen LogP contribution in [0, 0.1) is 13.8 Å². The number of thioether (sulfide) groups is 1. The van der Waals surface area contributed by atoms with Gasteiger partial charge in [-0.1, -0.05) is 42.1 Å². The summed E-state index contributed by atoms with van der Waals surface area (Å²) in [5, 5.41) is 13.4. The quantitative estimate of drug-likeness (QED) is 0.427. The van der Waals surface area contributed by atoms with Crippen molar-refractivity contribution in [1.82, 2.24) is 24.7 Å². The fourth-order valence-corrected chi connectivity index (χ4v) is 3.22. The standard InChI is InChI=1S/C16H20N6S/c1-12-11-13(2)22(20-12)15-18-19-16(21(15)17)23-10-6-9-14-7-4-3-5-8-14/h3-5,7-8,11H,6,9-10,17H2,1-2H3. The van der Waals surface area contributed by atoms with Crippen molar-refractivity contribution in [3.63, 3.8) is 0 Å². The lowest BCUT2D eigenvalue weighted by molar-refractivity contribution is 0.726. The van der Waals surface area contributed by atoms with Crippen LogP contribution in [0.3, 0.4) is 0 Å². The van der Waals surface area contributed by atoms with Crippen molar-refractivity contribution in [2.45, 2.75) is 31.8 Å². The second-order valence-electron chi connectivity index (χ2n) is 5.43. The molecular formula is C16H20N6S. The molecule has 2 aromatic heterocycles. The summed E-state index contributed by atoms with van der Waals surface area (Å²) in [7, 11) is 0. The lowest BCUT2D eigenvalue weighted by Gasteiger charge is -2.05. The molecule has 0 unspecified atom stereocenters. The molecule has 3 rings (SSSR count). The van der Waals surface area contributed by atoms with Crippen LogP contribution in [0.25, 0.3) is 5.95 Å². The number of nitrogens with zero attached hydrogens (tertiary/aromatic N) is 5. The van der Waals surface area contributed by atoms with Crippen LogP contribution in [0.1, 0.15) is 23.4 Å². The van der Waals surface area contributed by atoms with Gasteiger partial charge in [-0.2, -0.15) is 5.10 Å². The fourth-order valence-electron chi connectivity index (χ4n) is 2.43. The minimum atomic E-state index is 0.543. The van der Waals surface area contributed by atoms with E-state index in [2.05, 4.69) is 39.6 Å². The molecule has 3 aromatic rings. The molecule has 0 atom stereocenters. The molecule has 0 bridgehead atoms. The van der Waals surface area contributed by atoms with E-state index in [-0.39, 0.29) is 0 Å². The van der Waals surface area contributed by atoms with Gasteiger partial charge in [0.25, 0.3) is 5.95 Å². The fraction of sp³-hybridized carbons (Fsp3) is 0.312. The van der Waals surface area contributed by atoms with Crippen molar-refractivity contribution in [2.24, 2.45) is 0 Å².